The van der Waals surface area contributed by atoms with E-state index in [1.807, 2.05) is 0 Å². The molecule has 0 aromatic rings. The number of rotatable bonds is 4. The van der Waals surface area contributed by atoms with Crippen LogP contribution in [0.15, 0.2) is 0 Å². The molecule has 0 aromatic carbocycles. The average molecular weight is 200 g/mol. The Morgan fingerprint density at radius 3 is 2.64 bits per heavy atom. The van der Waals surface area contributed by atoms with Crippen LogP contribution >= 0.6 is 0 Å². The molecule has 1 saturated carbocycles. The molecule has 1 saturated heterocycles. The van der Waals surface area contributed by atoms with Crippen molar-refractivity contribution in [1.82, 2.24) is 10.2 Å². The van der Waals surface area contributed by atoms with Gasteiger partial charge in [0, 0.05) is 32.2 Å². The Bertz CT molecular complexity index is 166. The van der Waals surface area contributed by atoms with Crippen molar-refractivity contribution in [2.24, 2.45) is 0 Å². The molecule has 2 aliphatic rings. The van der Waals surface area contributed by atoms with Crippen LogP contribution < -0.4 is 5.32 Å². The van der Waals surface area contributed by atoms with Crippen LogP contribution in [0.5, 0.6) is 0 Å². The highest BCUT2D eigenvalue weighted by atomic mass is 16.5. The number of hydrogen-bond acceptors (Lipinski definition) is 4. The molecule has 2 fully saturated rings. The van der Waals surface area contributed by atoms with Crippen molar-refractivity contribution in [3.05, 3.63) is 0 Å². The van der Waals surface area contributed by atoms with E-state index in [2.05, 4.69) is 10.2 Å². The van der Waals surface area contributed by atoms with Gasteiger partial charge < -0.3 is 15.2 Å². The van der Waals surface area contributed by atoms with Crippen molar-refractivity contribution in [3.8, 4) is 0 Å². The molecule has 1 aliphatic heterocycles. The molecule has 0 spiro atoms. The van der Waals surface area contributed by atoms with E-state index >= 15 is 0 Å². The van der Waals surface area contributed by atoms with Crippen LogP contribution in [0.25, 0.3) is 0 Å². The Morgan fingerprint density at radius 1 is 1.29 bits per heavy atom. The van der Waals surface area contributed by atoms with Crippen molar-refractivity contribution in [3.63, 3.8) is 0 Å². The van der Waals surface area contributed by atoms with Gasteiger partial charge in [0.1, 0.15) is 0 Å². The van der Waals surface area contributed by atoms with Gasteiger partial charge in [0.2, 0.25) is 0 Å². The zero-order chi connectivity index (χ0) is 9.80. The van der Waals surface area contributed by atoms with E-state index in [9.17, 15) is 0 Å². The van der Waals surface area contributed by atoms with Crippen LogP contribution in [0.4, 0.5) is 0 Å². The van der Waals surface area contributed by atoms with E-state index in [-0.39, 0.29) is 6.10 Å². The zero-order valence-electron chi connectivity index (χ0n) is 8.61. The number of aliphatic hydroxyl groups excluding tert-OH is 1. The Kier molecular flexibility index (Phi) is 3.75. The fraction of sp³-hybridized carbons (Fsp3) is 1.00. The predicted molar refractivity (Wildman–Crippen MR) is 54.3 cm³/mol. The van der Waals surface area contributed by atoms with Crippen LogP contribution in [0, 0.1) is 0 Å². The van der Waals surface area contributed by atoms with E-state index in [4.69, 9.17) is 9.84 Å². The van der Waals surface area contributed by atoms with Gasteiger partial charge in [0.15, 0.2) is 0 Å². The summed E-state index contributed by atoms with van der Waals surface area (Å²) in [7, 11) is 0. The fourth-order valence-electron chi connectivity index (χ4n) is 2.01. The summed E-state index contributed by atoms with van der Waals surface area (Å²) in [5.41, 5.74) is 0. The Balaban J connectivity index is 1.50. The number of morpholine rings is 1. The highest BCUT2D eigenvalue weighted by Gasteiger charge is 2.26. The summed E-state index contributed by atoms with van der Waals surface area (Å²) in [5.74, 6) is 0. The minimum Gasteiger partial charge on any atom is -0.393 e. The first kappa shape index (κ1) is 10.4. The largest absolute Gasteiger partial charge is 0.393 e. The monoisotopic (exact) mass is 200 g/mol. The van der Waals surface area contributed by atoms with Gasteiger partial charge >= 0.3 is 0 Å². The third-order valence-electron chi connectivity index (χ3n) is 3.08. The first-order valence-corrected chi connectivity index (χ1v) is 5.56. The van der Waals surface area contributed by atoms with Crippen molar-refractivity contribution >= 4 is 0 Å². The summed E-state index contributed by atoms with van der Waals surface area (Å²) in [4.78, 5) is 2.42. The summed E-state index contributed by atoms with van der Waals surface area (Å²) >= 11 is 0. The molecule has 0 aromatic heterocycles. The number of nitrogens with one attached hydrogen (secondary N) is 1. The van der Waals surface area contributed by atoms with Gasteiger partial charge in [0.05, 0.1) is 19.3 Å². The van der Waals surface area contributed by atoms with Gasteiger partial charge in [-0.3, -0.25) is 4.90 Å². The Morgan fingerprint density at radius 2 is 2.00 bits per heavy atom. The third kappa shape index (κ3) is 2.92. The maximum Gasteiger partial charge on any atom is 0.0594 e. The number of ether oxygens (including phenoxy) is 1. The maximum absolute atomic E-state index is 9.10. The average Bonchev–Trinajstić information content (AvgIpc) is 2.17. The second-order valence-corrected chi connectivity index (χ2v) is 4.23. The summed E-state index contributed by atoms with van der Waals surface area (Å²) in [6.45, 7) is 6.03. The van der Waals surface area contributed by atoms with E-state index in [0.29, 0.717) is 6.04 Å². The topological polar surface area (TPSA) is 44.7 Å². The van der Waals surface area contributed by atoms with Crippen LogP contribution in [-0.4, -0.2) is 61.5 Å². The smallest absolute Gasteiger partial charge is 0.0594 e. The number of hydrogen-bond donors (Lipinski definition) is 2. The first-order chi connectivity index (χ1) is 6.84. The molecule has 1 aliphatic carbocycles. The van der Waals surface area contributed by atoms with Crippen molar-refractivity contribution < 1.29 is 9.84 Å². The molecule has 2 rings (SSSR count). The van der Waals surface area contributed by atoms with Crippen molar-refractivity contribution in [2.45, 2.75) is 25.0 Å². The van der Waals surface area contributed by atoms with Gasteiger partial charge in [-0.05, 0) is 12.8 Å². The van der Waals surface area contributed by atoms with Gasteiger partial charge in [-0.25, -0.2) is 0 Å². The van der Waals surface area contributed by atoms with Gasteiger partial charge in [-0.1, -0.05) is 0 Å². The standard InChI is InChI=1S/C10H20N2O2/c13-10-7-9(8-10)11-1-2-12-3-5-14-6-4-12/h9-11,13H,1-8H2. The first-order valence-electron chi connectivity index (χ1n) is 5.56. The maximum atomic E-state index is 9.10. The lowest BCUT2D eigenvalue weighted by Gasteiger charge is -2.33. The zero-order valence-corrected chi connectivity index (χ0v) is 8.61. The molecular formula is C10H20N2O2. The highest BCUT2D eigenvalue weighted by Crippen LogP contribution is 2.18. The van der Waals surface area contributed by atoms with Crippen molar-refractivity contribution in [2.75, 3.05) is 39.4 Å². The molecule has 0 radical (unpaired) electrons. The van der Waals surface area contributed by atoms with E-state index in [0.717, 1.165) is 52.2 Å². The Labute approximate surface area is 85.2 Å². The fourth-order valence-corrected chi connectivity index (χ4v) is 2.01. The van der Waals surface area contributed by atoms with E-state index in [1.54, 1.807) is 0 Å². The molecule has 0 bridgehead atoms. The molecule has 14 heavy (non-hydrogen) atoms. The second kappa shape index (κ2) is 5.07. The molecule has 4 nitrogen and oxygen atoms in total. The van der Waals surface area contributed by atoms with Gasteiger partial charge in [-0.2, -0.15) is 0 Å². The molecule has 82 valence electrons. The quantitative estimate of drug-likeness (QED) is 0.638. The molecule has 0 atom stereocenters. The third-order valence-corrected chi connectivity index (χ3v) is 3.08. The predicted octanol–water partition coefficient (Wildman–Crippen LogP) is -0.568. The van der Waals surface area contributed by atoms with E-state index < -0.39 is 0 Å². The van der Waals surface area contributed by atoms with Crippen LogP contribution in [0.1, 0.15) is 12.8 Å². The number of aliphatic hydroxyl groups is 1. The Hall–Kier alpha value is -0.160. The van der Waals surface area contributed by atoms with Crippen LogP contribution in [0.2, 0.25) is 0 Å². The minimum atomic E-state index is -0.0455. The molecule has 4 heteroatoms. The lowest BCUT2D eigenvalue weighted by molar-refractivity contribution is 0.0340. The molecule has 1 heterocycles. The summed E-state index contributed by atoms with van der Waals surface area (Å²) in [6.07, 6.45) is 1.82. The minimum absolute atomic E-state index is 0.0455. The second-order valence-electron chi connectivity index (χ2n) is 4.23. The van der Waals surface area contributed by atoms with Crippen LogP contribution in [-0.2, 0) is 4.74 Å². The van der Waals surface area contributed by atoms with Crippen LogP contribution in [0.3, 0.4) is 0 Å². The molecule has 0 unspecified atom stereocenters. The summed E-state index contributed by atoms with van der Waals surface area (Å²) in [5, 5.41) is 12.6. The number of nitrogens with zero attached hydrogens (tertiary/aromatic N) is 1. The SMILES string of the molecule is OC1CC(NCCN2CCOCC2)C1. The normalized spacial score (nSPS) is 34.1. The molecular weight excluding hydrogens is 180 g/mol. The lowest BCUT2D eigenvalue weighted by atomic mass is 9.89. The summed E-state index contributed by atoms with van der Waals surface area (Å²) in [6, 6.07) is 0.561. The summed E-state index contributed by atoms with van der Waals surface area (Å²) < 4.78 is 5.28. The van der Waals surface area contributed by atoms with Crippen molar-refractivity contribution in [1.29, 1.82) is 0 Å². The molecule has 0 amide bonds. The lowest BCUT2D eigenvalue weighted by Crippen LogP contribution is -2.47. The van der Waals surface area contributed by atoms with Gasteiger partial charge in [0.25, 0.3) is 0 Å². The van der Waals surface area contributed by atoms with Gasteiger partial charge in [-0.15, -0.1) is 0 Å². The highest BCUT2D eigenvalue weighted by molar-refractivity contribution is 4.84. The molecule has 2 N–H and O–H groups in total. The van der Waals surface area contributed by atoms with E-state index in [1.165, 1.54) is 0 Å².